The van der Waals surface area contributed by atoms with Gasteiger partial charge in [0.2, 0.25) is 5.91 Å². The molecule has 2 aromatic heterocycles. The second-order valence-corrected chi connectivity index (χ2v) is 9.49. The molecule has 0 saturated heterocycles. The van der Waals surface area contributed by atoms with E-state index in [4.69, 9.17) is 4.52 Å². The molecule has 0 bridgehead atoms. The minimum atomic E-state index is -3.85. The molecule has 1 aromatic carbocycles. The van der Waals surface area contributed by atoms with Gasteiger partial charge in [-0.1, -0.05) is 18.1 Å². The van der Waals surface area contributed by atoms with Crippen LogP contribution in [0.25, 0.3) is 12.2 Å². The molecule has 2 heterocycles. The molecule has 7 nitrogen and oxygen atoms in total. The number of benzene rings is 1. The third kappa shape index (κ3) is 4.95. The van der Waals surface area contributed by atoms with Gasteiger partial charge in [0.05, 0.1) is 5.69 Å². The Kier molecular flexibility index (Phi) is 6.37. The van der Waals surface area contributed by atoms with Gasteiger partial charge in [0, 0.05) is 11.3 Å². The lowest BCUT2D eigenvalue weighted by Gasteiger charge is -2.07. The number of hydrogen-bond acceptors (Lipinski definition) is 6. The molecule has 0 aliphatic carbocycles. The van der Waals surface area contributed by atoms with Gasteiger partial charge < -0.3 is 9.84 Å². The molecular weight excluding hydrogens is 429 g/mol. The van der Waals surface area contributed by atoms with Crippen molar-refractivity contribution in [1.29, 1.82) is 0 Å². The van der Waals surface area contributed by atoms with Gasteiger partial charge in [0.25, 0.3) is 10.0 Å². The largest absolute Gasteiger partial charge is 0.354 e. The number of sulfonamides is 1. The predicted octanol–water partition coefficient (Wildman–Crippen LogP) is 4.81. The van der Waals surface area contributed by atoms with Gasteiger partial charge >= 0.3 is 0 Å². The summed E-state index contributed by atoms with van der Waals surface area (Å²) in [4.78, 5) is 12.3. The second-order valence-electron chi connectivity index (χ2n) is 6.47. The summed E-state index contributed by atoms with van der Waals surface area (Å²) >= 11 is 1.04. The minimum Gasteiger partial charge on any atom is -0.354 e. The van der Waals surface area contributed by atoms with Crippen molar-refractivity contribution in [3.8, 4) is 0 Å². The third-order valence-corrected chi connectivity index (χ3v) is 7.09. The van der Waals surface area contributed by atoms with Crippen molar-refractivity contribution in [1.82, 2.24) is 5.16 Å². The molecule has 0 saturated carbocycles. The van der Waals surface area contributed by atoms with E-state index in [0.29, 0.717) is 34.0 Å². The van der Waals surface area contributed by atoms with Crippen LogP contribution in [0.15, 0.2) is 39.1 Å². The number of amides is 1. The van der Waals surface area contributed by atoms with E-state index in [1.54, 1.807) is 39.0 Å². The first kappa shape index (κ1) is 21.7. The molecule has 2 N–H and O–H groups in total. The van der Waals surface area contributed by atoms with Crippen LogP contribution in [0.3, 0.4) is 0 Å². The number of nitrogens with one attached hydrogen (secondary N) is 2. The monoisotopic (exact) mass is 449 g/mol. The highest BCUT2D eigenvalue weighted by molar-refractivity contribution is 7.94. The number of nitrogens with zero attached hydrogens (tertiary/aromatic N) is 1. The van der Waals surface area contributed by atoms with Gasteiger partial charge in [0.1, 0.15) is 21.4 Å². The van der Waals surface area contributed by atoms with Crippen LogP contribution in [0, 0.1) is 19.7 Å². The van der Waals surface area contributed by atoms with Crippen molar-refractivity contribution in [3.05, 3.63) is 58.0 Å². The average Bonchev–Trinajstić information content (AvgIpc) is 3.31. The van der Waals surface area contributed by atoms with Crippen molar-refractivity contribution in [2.24, 2.45) is 0 Å². The molecule has 0 radical (unpaired) electrons. The van der Waals surface area contributed by atoms with Crippen LogP contribution in [0.4, 0.5) is 15.8 Å². The molecule has 3 aromatic rings. The minimum absolute atomic E-state index is 0.0800. The van der Waals surface area contributed by atoms with Gasteiger partial charge in [-0.2, -0.15) is 0 Å². The van der Waals surface area contributed by atoms with E-state index in [-0.39, 0.29) is 15.8 Å². The van der Waals surface area contributed by atoms with Gasteiger partial charge in [-0.05, 0) is 55.8 Å². The molecule has 3 rings (SSSR count). The number of carbonyl (C=O) groups excluding carboxylic acids is 1. The van der Waals surface area contributed by atoms with Crippen LogP contribution in [-0.2, 0) is 14.8 Å². The summed E-state index contributed by atoms with van der Waals surface area (Å²) in [5.74, 6) is -0.294. The summed E-state index contributed by atoms with van der Waals surface area (Å²) < 4.78 is 46.5. The number of halogens is 1. The normalized spacial score (nSPS) is 11.7. The molecule has 30 heavy (non-hydrogen) atoms. The summed E-state index contributed by atoms with van der Waals surface area (Å²) in [6, 6.07) is 7.24. The Bertz CT molecular complexity index is 1210. The van der Waals surface area contributed by atoms with Crippen LogP contribution < -0.4 is 10.0 Å². The van der Waals surface area contributed by atoms with E-state index in [0.717, 1.165) is 17.4 Å². The fourth-order valence-corrected chi connectivity index (χ4v) is 4.75. The zero-order valence-corrected chi connectivity index (χ0v) is 18.2. The molecule has 0 aliphatic rings. The summed E-state index contributed by atoms with van der Waals surface area (Å²) in [6.07, 6.45) is 3.59. The Labute approximate surface area is 177 Å². The Morgan fingerprint density at radius 3 is 2.70 bits per heavy atom. The lowest BCUT2D eigenvalue weighted by atomic mass is 10.2. The molecule has 1 amide bonds. The number of carbonyl (C=O) groups is 1. The average molecular weight is 450 g/mol. The van der Waals surface area contributed by atoms with Crippen molar-refractivity contribution >= 4 is 50.8 Å². The zero-order valence-electron chi connectivity index (χ0n) is 16.5. The van der Waals surface area contributed by atoms with Crippen molar-refractivity contribution in [2.75, 3.05) is 10.0 Å². The number of aryl methyl sites for hydroxylation is 2. The number of anilines is 2. The zero-order chi connectivity index (χ0) is 21.9. The first-order chi connectivity index (χ1) is 14.2. The maximum atomic E-state index is 13.7. The van der Waals surface area contributed by atoms with Crippen LogP contribution in [0.1, 0.15) is 35.2 Å². The van der Waals surface area contributed by atoms with Crippen LogP contribution in [0.5, 0.6) is 0 Å². The summed E-state index contributed by atoms with van der Waals surface area (Å²) in [5, 5.41) is 6.58. The van der Waals surface area contributed by atoms with E-state index >= 15 is 0 Å². The molecule has 0 spiro atoms. The quantitative estimate of drug-likeness (QED) is 0.539. The Hall–Kier alpha value is -2.98. The highest BCUT2D eigenvalue weighted by Crippen LogP contribution is 2.28. The number of thiophene rings is 1. The van der Waals surface area contributed by atoms with E-state index in [2.05, 4.69) is 15.2 Å². The number of rotatable bonds is 7. The van der Waals surface area contributed by atoms with Crippen molar-refractivity contribution < 1.29 is 22.1 Å². The molecule has 158 valence electrons. The standard InChI is InChI=1S/C20H20FN3O4S2/c1-4-18(25)22-20-13(3)23-28-17(20)9-7-15-8-10-19(29-15)30(26,27)24-14-6-5-12(2)16(21)11-14/h5-11,24H,4H2,1-3H3,(H,22,25)/b9-7+. The Balaban J connectivity index is 1.78. The van der Waals surface area contributed by atoms with Crippen molar-refractivity contribution in [2.45, 2.75) is 31.4 Å². The summed E-state index contributed by atoms with van der Waals surface area (Å²) in [7, 11) is -3.85. The molecular formula is C20H20FN3O4S2. The van der Waals surface area contributed by atoms with Crippen molar-refractivity contribution in [3.63, 3.8) is 0 Å². The Morgan fingerprint density at radius 2 is 2.00 bits per heavy atom. The van der Waals surface area contributed by atoms with E-state index in [9.17, 15) is 17.6 Å². The molecule has 0 atom stereocenters. The highest BCUT2D eigenvalue weighted by atomic mass is 32.2. The topological polar surface area (TPSA) is 101 Å². The summed E-state index contributed by atoms with van der Waals surface area (Å²) in [5.41, 5.74) is 1.60. The number of aromatic nitrogens is 1. The second kappa shape index (κ2) is 8.80. The number of hydrogen-bond donors (Lipinski definition) is 2. The summed E-state index contributed by atoms with van der Waals surface area (Å²) in [6.45, 7) is 5.04. The fourth-order valence-electron chi connectivity index (χ4n) is 2.47. The molecule has 0 aliphatic heterocycles. The maximum Gasteiger partial charge on any atom is 0.271 e. The molecule has 0 fully saturated rings. The van der Waals surface area contributed by atoms with E-state index in [1.807, 2.05) is 0 Å². The van der Waals surface area contributed by atoms with Crippen LogP contribution in [0.2, 0.25) is 0 Å². The lowest BCUT2D eigenvalue weighted by molar-refractivity contribution is -0.115. The molecule has 0 unspecified atom stereocenters. The maximum absolute atomic E-state index is 13.7. The molecule has 10 heteroatoms. The van der Waals surface area contributed by atoms with Gasteiger partial charge in [-0.25, -0.2) is 12.8 Å². The van der Waals surface area contributed by atoms with E-state index in [1.165, 1.54) is 18.2 Å². The SMILES string of the molecule is CCC(=O)Nc1c(C)noc1/C=C/c1ccc(S(=O)(=O)Nc2ccc(C)c(F)c2)s1. The van der Waals surface area contributed by atoms with Gasteiger partial charge in [-0.3, -0.25) is 9.52 Å². The van der Waals surface area contributed by atoms with E-state index < -0.39 is 15.8 Å². The smallest absolute Gasteiger partial charge is 0.271 e. The Morgan fingerprint density at radius 1 is 1.23 bits per heavy atom. The fraction of sp³-hybridized carbons (Fsp3) is 0.200. The van der Waals surface area contributed by atoms with Gasteiger partial charge in [-0.15, -0.1) is 11.3 Å². The highest BCUT2D eigenvalue weighted by Gasteiger charge is 2.18. The first-order valence-corrected chi connectivity index (χ1v) is 11.3. The van der Waals surface area contributed by atoms with Crippen LogP contribution >= 0.6 is 11.3 Å². The first-order valence-electron chi connectivity index (χ1n) is 9.02. The predicted molar refractivity (Wildman–Crippen MR) is 115 cm³/mol. The lowest BCUT2D eigenvalue weighted by Crippen LogP contribution is -2.11. The third-order valence-electron chi connectivity index (χ3n) is 4.16. The van der Waals surface area contributed by atoms with Gasteiger partial charge in [0.15, 0.2) is 5.76 Å². The van der Waals surface area contributed by atoms with Crippen LogP contribution in [-0.4, -0.2) is 19.5 Å².